The Balaban J connectivity index is 1.89. The highest BCUT2D eigenvalue weighted by Crippen LogP contribution is 2.16. The Morgan fingerprint density at radius 2 is 1.85 bits per heavy atom. The van der Waals surface area contributed by atoms with Crippen LogP contribution in [0.1, 0.15) is 11.1 Å². The smallest absolute Gasteiger partial charge is 0.244 e. The molecule has 0 aliphatic heterocycles. The molecular formula is C19H21ClN2O4S. The van der Waals surface area contributed by atoms with E-state index >= 15 is 0 Å². The summed E-state index contributed by atoms with van der Waals surface area (Å²) in [6.07, 6.45) is 3.04. The van der Waals surface area contributed by atoms with Crippen LogP contribution < -0.4 is 10.0 Å². The van der Waals surface area contributed by atoms with E-state index in [0.717, 1.165) is 11.1 Å². The Morgan fingerprint density at radius 3 is 2.52 bits per heavy atom. The average molecular weight is 409 g/mol. The summed E-state index contributed by atoms with van der Waals surface area (Å²) in [6, 6.07) is 13.5. The Bertz CT molecular complexity index is 896. The second kappa shape index (κ2) is 10.2. The van der Waals surface area contributed by atoms with Gasteiger partial charge in [0.25, 0.3) is 0 Å². The van der Waals surface area contributed by atoms with Crippen molar-refractivity contribution < 1.29 is 17.9 Å². The minimum Gasteiger partial charge on any atom is -0.383 e. The molecule has 0 unspecified atom stereocenters. The molecule has 2 aromatic carbocycles. The molecule has 2 N–H and O–H groups in total. The highest BCUT2D eigenvalue weighted by Gasteiger charge is 2.12. The quantitative estimate of drug-likeness (QED) is 0.493. The Hall–Kier alpha value is -2.19. The third kappa shape index (κ3) is 6.80. The topological polar surface area (TPSA) is 84.5 Å². The van der Waals surface area contributed by atoms with Crippen molar-refractivity contribution in [3.8, 4) is 0 Å². The standard InChI is InChI=1S/C19H21ClN2O4S/c1-26-13-12-22-27(24,25)17-9-6-15(7-10-17)14-21-19(23)11-8-16-4-2-3-5-18(16)20/h2-11,22H,12-14H2,1H3,(H,21,23)/b11-8+. The summed E-state index contributed by atoms with van der Waals surface area (Å²) in [5.74, 6) is -0.271. The van der Waals surface area contributed by atoms with Crippen molar-refractivity contribution in [2.24, 2.45) is 0 Å². The van der Waals surface area contributed by atoms with E-state index in [4.69, 9.17) is 16.3 Å². The van der Waals surface area contributed by atoms with Crippen molar-refractivity contribution in [3.63, 3.8) is 0 Å². The van der Waals surface area contributed by atoms with E-state index < -0.39 is 10.0 Å². The first-order valence-corrected chi connectivity index (χ1v) is 10.1. The van der Waals surface area contributed by atoms with Gasteiger partial charge in [0.1, 0.15) is 0 Å². The average Bonchev–Trinajstić information content (AvgIpc) is 2.66. The highest BCUT2D eigenvalue weighted by atomic mass is 35.5. The SMILES string of the molecule is COCCNS(=O)(=O)c1ccc(CNC(=O)/C=C/c2ccccc2Cl)cc1. The first kappa shape index (κ1) is 21.1. The summed E-state index contributed by atoms with van der Waals surface area (Å²) in [6.45, 7) is 0.780. The number of nitrogens with one attached hydrogen (secondary N) is 2. The second-order valence-corrected chi connectivity index (χ2v) is 7.78. The molecule has 0 aromatic heterocycles. The van der Waals surface area contributed by atoms with E-state index in [0.29, 0.717) is 11.6 Å². The third-order valence-corrected chi connectivity index (χ3v) is 5.44. The highest BCUT2D eigenvalue weighted by molar-refractivity contribution is 7.89. The van der Waals surface area contributed by atoms with Crippen LogP contribution in [0.15, 0.2) is 59.5 Å². The van der Waals surface area contributed by atoms with Crippen molar-refractivity contribution in [1.29, 1.82) is 0 Å². The molecule has 6 nitrogen and oxygen atoms in total. The fraction of sp³-hybridized carbons (Fsp3) is 0.211. The molecule has 0 aliphatic carbocycles. The lowest BCUT2D eigenvalue weighted by Gasteiger charge is -2.08. The van der Waals surface area contributed by atoms with Gasteiger partial charge < -0.3 is 10.1 Å². The van der Waals surface area contributed by atoms with Crippen LogP contribution in [-0.4, -0.2) is 34.6 Å². The van der Waals surface area contributed by atoms with Crippen molar-refractivity contribution >= 4 is 33.6 Å². The van der Waals surface area contributed by atoms with E-state index in [-0.39, 0.29) is 23.9 Å². The van der Waals surface area contributed by atoms with Crippen molar-refractivity contribution in [1.82, 2.24) is 10.0 Å². The number of halogens is 1. The number of ether oxygens (including phenoxy) is 1. The molecule has 0 saturated heterocycles. The van der Waals surface area contributed by atoms with Gasteiger partial charge in [-0.15, -0.1) is 0 Å². The molecule has 0 heterocycles. The van der Waals surface area contributed by atoms with Gasteiger partial charge in [-0.05, 0) is 35.4 Å². The summed E-state index contributed by atoms with van der Waals surface area (Å²) in [5.41, 5.74) is 1.54. The lowest BCUT2D eigenvalue weighted by atomic mass is 10.2. The zero-order valence-electron chi connectivity index (χ0n) is 14.8. The van der Waals surface area contributed by atoms with Gasteiger partial charge in [0.15, 0.2) is 0 Å². The molecule has 0 aliphatic rings. The fourth-order valence-electron chi connectivity index (χ4n) is 2.17. The zero-order valence-corrected chi connectivity index (χ0v) is 16.4. The first-order valence-electron chi connectivity index (χ1n) is 8.20. The third-order valence-electron chi connectivity index (χ3n) is 3.62. The van der Waals surface area contributed by atoms with E-state index in [9.17, 15) is 13.2 Å². The number of amides is 1. The van der Waals surface area contributed by atoms with Crippen molar-refractivity contribution in [3.05, 3.63) is 70.8 Å². The predicted molar refractivity (Wildman–Crippen MR) is 106 cm³/mol. The van der Waals surface area contributed by atoms with Gasteiger partial charge >= 0.3 is 0 Å². The summed E-state index contributed by atoms with van der Waals surface area (Å²) in [5, 5.41) is 3.31. The van der Waals surface area contributed by atoms with Crippen LogP contribution in [0.4, 0.5) is 0 Å². The van der Waals surface area contributed by atoms with Gasteiger partial charge in [0.2, 0.25) is 15.9 Å². The number of rotatable bonds is 9. The Labute approximate surface area is 164 Å². The van der Waals surface area contributed by atoms with Gasteiger partial charge in [0.05, 0.1) is 11.5 Å². The second-order valence-electron chi connectivity index (χ2n) is 5.61. The van der Waals surface area contributed by atoms with Gasteiger partial charge in [-0.2, -0.15) is 0 Å². The number of hydrogen-bond donors (Lipinski definition) is 2. The number of carbonyl (C=O) groups is 1. The van der Waals surface area contributed by atoms with Gasteiger partial charge in [-0.1, -0.05) is 41.9 Å². The minimum atomic E-state index is -3.56. The van der Waals surface area contributed by atoms with Crippen molar-refractivity contribution in [2.75, 3.05) is 20.3 Å². The number of hydrogen-bond acceptors (Lipinski definition) is 4. The fourth-order valence-corrected chi connectivity index (χ4v) is 3.38. The summed E-state index contributed by atoms with van der Waals surface area (Å²) in [7, 11) is -2.06. The van der Waals surface area contributed by atoms with Crippen LogP contribution in [0, 0.1) is 0 Å². The van der Waals surface area contributed by atoms with E-state index in [1.165, 1.54) is 25.3 Å². The summed E-state index contributed by atoms with van der Waals surface area (Å²) >= 11 is 6.03. The normalized spacial score (nSPS) is 11.6. The van der Waals surface area contributed by atoms with E-state index in [1.54, 1.807) is 24.3 Å². The molecule has 0 spiro atoms. The Morgan fingerprint density at radius 1 is 1.15 bits per heavy atom. The molecule has 27 heavy (non-hydrogen) atoms. The predicted octanol–water partition coefficient (Wildman–Crippen LogP) is 2.59. The lowest BCUT2D eigenvalue weighted by Crippen LogP contribution is -2.27. The molecule has 2 rings (SSSR count). The molecule has 2 aromatic rings. The minimum absolute atomic E-state index is 0.160. The van der Waals surface area contributed by atoms with Gasteiger partial charge in [-0.3, -0.25) is 4.79 Å². The monoisotopic (exact) mass is 408 g/mol. The lowest BCUT2D eigenvalue weighted by molar-refractivity contribution is -0.116. The van der Waals surface area contributed by atoms with Crippen LogP contribution in [0.5, 0.6) is 0 Å². The van der Waals surface area contributed by atoms with Gasteiger partial charge in [0, 0.05) is 31.3 Å². The molecule has 8 heteroatoms. The van der Waals surface area contributed by atoms with Crippen LogP contribution in [0.3, 0.4) is 0 Å². The molecule has 144 valence electrons. The van der Waals surface area contributed by atoms with Crippen LogP contribution in [-0.2, 0) is 26.1 Å². The maximum atomic E-state index is 12.1. The summed E-state index contributed by atoms with van der Waals surface area (Å²) < 4.78 is 31.4. The molecule has 0 bridgehead atoms. The number of methoxy groups -OCH3 is 1. The molecule has 0 fully saturated rings. The Kier molecular flexibility index (Phi) is 7.99. The maximum absolute atomic E-state index is 12.1. The van der Waals surface area contributed by atoms with Crippen LogP contribution >= 0.6 is 11.6 Å². The first-order chi connectivity index (χ1) is 12.9. The number of benzene rings is 2. The molecule has 0 atom stereocenters. The maximum Gasteiger partial charge on any atom is 0.244 e. The van der Waals surface area contributed by atoms with Gasteiger partial charge in [-0.25, -0.2) is 13.1 Å². The zero-order chi connectivity index (χ0) is 19.7. The molecule has 0 saturated carbocycles. The molecule has 1 amide bonds. The molecular weight excluding hydrogens is 388 g/mol. The number of carbonyl (C=O) groups excluding carboxylic acids is 1. The summed E-state index contributed by atoms with van der Waals surface area (Å²) in [4.78, 5) is 12.1. The van der Waals surface area contributed by atoms with Crippen LogP contribution in [0.2, 0.25) is 5.02 Å². The van der Waals surface area contributed by atoms with E-state index in [1.807, 2.05) is 18.2 Å². The van der Waals surface area contributed by atoms with Crippen molar-refractivity contribution in [2.45, 2.75) is 11.4 Å². The van der Waals surface area contributed by atoms with E-state index in [2.05, 4.69) is 10.0 Å². The number of sulfonamides is 1. The van der Waals surface area contributed by atoms with Crippen LogP contribution in [0.25, 0.3) is 6.08 Å². The largest absolute Gasteiger partial charge is 0.383 e. The molecule has 0 radical (unpaired) electrons.